The second-order valence-corrected chi connectivity index (χ2v) is 5.98. The van der Waals surface area contributed by atoms with Crippen molar-refractivity contribution < 1.29 is 4.74 Å². The summed E-state index contributed by atoms with van der Waals surface area (Å²) in [6.07, 6.45) is 7.41. The van der Waals surface area contributed by atoms with Gasteiger partial charge in [-0.15, -0.1) is 0 Å². The normalized spacial score (nSPS) is 23.5. The van der Waals surface area contributed by atoms with Gasteiger partial charge < -0.3 is 4.74 Å². The monoisotopic (exact) mass is 260 g/mol. The Hall–Kier alpha value is -0.900. The van der Waals surface area contributed by atoms with E-state index in [4.69, 9.17) is 10.6 Å². The molecule has 0 aromatic heterocycles. The van der Waals surface area contributed by atoms with Crippen molar-refractivity contribution in [2.24, 2.45) is 5.84 Å². The molecule has 3 heteroatoms. The summed E-state index contributed by atoms with van der Waals surface area (Å²) >= 11 is 0. The molecule has 3 rings (SSSR count). The number of hydrogen-bond donors (Lipinski definition) is 2. The number of nitrogens with one attached hydrogen (secondary N) is 1. The van der Waals surface area contributed by atoms with Gasteiger partial charge in [0.15, 0.2) is 0 Å². The zero-order valence-electron chi connectivity index (χ0n) is 11.7. The third-order valence-corrected chi connectivity index (χ3v) is 5.15. The van der Waals surface area contributed by atoms with Gasteiger partial charge in [-0.2, -0.15) is 0 Å². The summed E-state index contributed by atoms with van der Waals surface area (Å²) in [6.45, 7) is 0. The molecule has 2 fully saturated rings. The van der Waals surface area contributed by atoms with Crippen molar-refractivity contribution in [1.29, 1.82) is 0 Å². The second kappa shape index (κ2) is 5.23. The Morgan fingerprint density at radius 1 is 1.26 bits per heavy atom. The standard InChI is InChI=1S/C16H24N2O/c1-19-16(10-5-11-16)15(18-17)14-9-3-2-8-13(14)12-6-4-7-12/h2-3,8-9,12,15,18H,4-7,10-11,17H2,1H3. The topological polar surface area (TPSA) is 47.3 Å². The lowest BCUT2D eigenvalue weighted by Gasteiger charge is -2.47. The molecule has 3 N–H and O–H groups in total. The predicted octanol–water partition coefficient (Wildman–Crippen LogP) is 3.03. The van der Waals surface area contributed by atoms with Gasteiger partial charge in [-0.05, 0) is 49.1 Å². The maximum absolute atomic E-state index is 5.87. The van der Waals surface area contributed by atoms with E-state index in [2.05, 4.69) is 29.7 Å². The van der Waals surface area contributed by atoms with Crippen LogP contribution in [-0.4, -0.2) is 12.7 Å². The van der Waals surface area contributed by atoms with Gasteiger partial charge in [-0.1, -0.05) is 30.7 Å². The fourth-order valence-electron chi connectivity index (χ4n) is 3.53. The molecule has 1 aromatic rings. The highest BCUT2D eigenvalue weighted by atomic mass is 16.5. The van der Waals surface area contributed by atoms with Gasteiger partial charge in [0.2, 0.25) is 0 Å². The van der Waals surface area contributed by atoms with E-state index in [1.165, 1.54) is 36.8 Å². The van der Waals surface area contributed by atoms with Crippen molar-refractivity contribution in [3.05, 3.63) is 35.4 Å². The van der Waals surface area contributed by atoms with Gasteiger partial charge in [0, 0.05) is 7.11 Å². The number of methoxy groups -OCH3 is 1. The van der Waals surface area contributed by atoms with Gasteiger partial charge in [0.1, 0.15) is 0 Å². The van der Waals surface area contributed by atoms with Crippen LogP contribution < -0.4 is 11.3 Å². The molecule has 1 atom stereocenters. The zero-order chi connectivity index (χ0) is 13.3. The Morgan fingerprint density at radius 3 is 2.47 bits per heavy atom. The van der Waals surface area contributed by atoms with Crippen LogP contribution in [0.1, 0.15) is 61.6 Å². The summed E-state index contributed by atoms with van der Waals surface area (Å²) in [5.41, 5.74) is 5.74. The largest absolute Gasteiger partial charge is 0.376 e. The van der Waals surface area contributed by atoms with Crippen LogP contribution in [0.25, 0.3) is 0 Å². The molecular weight excluding hydrogens is 236 g/mol. The van der Waals surface area contributed by atoms with Crippen molar-refractivity contribution in [2.75, 3.05) is 7.11 Å². The summed E-state index contributed by atoms with van der Waals surface area (Å²) in [7, 11) is 1.81. The average molecular weight is 260 g/mol. The molecular formula is C16H24N2O. The van der Waals surface area contributed by atoms with Gasteiger partial charge in [-0.3, -0.25) is 11.3 Å². The average Bonchev–Trinajstić information content (AvgIpc) is 2.33. The van der Waals surface area contributed by atoms with Crippen LogP contribution in [0.3, 0.4) is 0 Å². The van der Waals surface area contributed by atoms with E-state index in [1.54, 1.807) is 0 Å². The van der Waals surface area contributed by atoms with Crippen LogP contribution in [0.15, 0.2) is 24.3 Å². The third kappa shape index (κ3) is 2.10. The molecule has 2 aliphatic carbocycles. The molecule has 0 aliphatic heterocycles. The molecule has 0 bridgehead atoms. The predicted molar refractivity (Wildman–Crippen MR) is 76.7 cm³/mol. The number of hydrazine groups is 1. The number of ether oxygens (including phenoxy) is 1. The lowest BCUT2D eigenvalue weighted by Crippen LogP contribution is -2.52. The minimum absolute atomic E-state index is 0.103. The molecule has 2 saturated carbocycles. The first-order valence-electron chi connectivity index (χ1n) is 7.41. The number of hydrogen-bond acceptors (Lipinski definition) is 3. The first-order valence-corrected chi connectivity index (χ1v) is 7.41. The molecule has 0 radical (unpaired) electrons. The van der Waals surface area contributed by atoms with E-state index in [0.29, 0.717) is 0 Å². The van der Waals surface area contributed by atoms with E-state index in [-0.39, 0.29) is 11.6 Å². The molecule has 2 aliphatic rings. The Labute approximate surface area is 115 Å². The SMILES string of the molecule is COC1(C(NN)c2ccccc2C2CCC2)CCC1. The van der Waals surface area contributed by atoms with E-state index in [1.807, 2.05) is 7.11 Å². The van der Waals surface area contributed by atoms with E-state index in [0.717, 1.165) is 18.8 Å². The second-order valence-electron chi connectivity index (χ2n) is 5.98. The first kappa shape index (κ1) is 13.1. The molecule has 19 heavy (non-hydrogen) atoms. The lowest BCUT2D eigenvalue weighted by atomic mass is 9.69. The van der Waals surface area contributed by atoms with Crippen molar-refractivity contribution in [2.45, 2.75) is 56.1 Å². The van der Waals surface area contributed by atoms with Gasteiger partial charge in [0.05, 0.1) is 11.6 Å². The van der Waals surface area contributed by atoms with Crippen molar-refractivity contribution in [1.82, 2.24) is 5.43 Å². The highest BCUT2D eigenvalue weighted by molar-refractivity contribution is 5.36. The Balaban J connectivity index is 1.94. The van der Waals surface area contributed by atoms with Crippen LogP contribution in [0, 0.1) is 0 Å². The van der Waals surface area contributed by atoms with Crippen LogP contribution >= 0.6 is 0 Å². The van der Waals surface area contributed by atoms with Crippen LogP contribution in [0.5, 0.6) is 0 Å². The molecule has 0 amide bonds. The smallest absolute Gasteiger partial charge is 0.0885 e. The summed E-state index contributed by atoms with van der Waals surface area (Å²) in [4.78, 5) is 0. The molecule has 3 nitrogen and oxygen atoms in total. The quantitative estimate of drug-likeness (QED) is 0.632. The summed E-state index contributed by atoms with van der Waals surface area (Å²) < 4.78 is 5.83. The molecule has 0 saturated heterocycles. The lowest BCUT2D eigenvalue weighted by molar-refractivity contribution is -0.100. The highest BCUT2D eigenvalue weighted by Crippen LogP contribution is 2.47. The maximum Gasteiger partial charge on any atom is 0.0885 e. The fraction of sp³-hybridized carbons (Fsp3) is 0.625. The van der Waals surface area contributed by atoms with Crippen LogP contribution in [-0.2, 0) is 4.74 Å². The van der Waals surface area contributed by atoms with Crippen LogP contribution in [0.2, 0.25) is 0 Å². The van der Waals surface area contributed by atoms with Gasteiger partial charge in [-0.25, -0.2) is 0 Å². The number of rotatable bonds is 5. The van der Waals surface area contributed by atoms with Crippen molar-refractivity contribution in [3.8, 4) is 0 Å². The van der Waals surface area contributed by atoms with Crippen molar-refractivity contribution >= 4 is 0 Å². The minimum atomic E-state index is -0.103. The Kier molecular flexibility index (Phi) is 3.61. The summed E-state index contributed by atoms with van der Waals surface area (Å²) in [5.74, 6) is 6.60. The third-order valence-electron chi connectivity index (χ3n) is 5.15. The maximum atomic E-state index is 5.87. The van der Waals surface area contributed by atoms with Crippen molar-refractivity contribution in [3.63, 3.8) is 0 Å². The molecule has 0 spiro atoms. The van der Waals surface area contributed by atoms with Gasteiger partial charge in [0.25, 0.3) is 0 Å². The van der Waals surface area contributed by atoms with Crippen LogP contribution in [0.4, 0.5) is 0 Å². The summed E-state index contributed by atoms with van der Waals surface area (Å²) in [6, 6.07) is 8.86. The van der Waals surface area contributed by atoms with Gasteiger partial charge >= 0.3 is 0 Å². The molecule has 0 heterocycles. The first-order chi connectivity index (χ1) is 9.30. The number of nitrogens with two attached hydrogens (primary N) is 1. The molecule has 1 aromatic carbocycles. The zero-order valence-corrected chi connectivity index (χ0v) is 11.7. The van der Waals surface area contributed by atoms with E-state index < -0.39 is 0 Å². The van der Waals surface area contributed by atoms with E-state index >= 15 is 0 Å². The Bertz CT molecular complexity index is 433. The minimum Gasteiger partial charge on any atom is -0.376 e. The van der Waals surface area contributed by atoms with E-state index in [9.17, 15) is 0 Å². The summed E-state index contributed by atoms with van der Waals surface area (Å²) in [5, 5.41) is 0. The molecule has 1 unspecified atom stereocenters. The highest BCUT2D eigenvalue weighted by Gasteiger charge is 2.46. The Morgan fingerprint density at radius 2 is 2.00 bits per heavy atom. The number of benzene rings is 1. The molecule has 104 valence electrons. The fourth-order valence-corrected chi connectivity index (χ4v) is 3.53.